The van der Waals surface area contributed by atoms with Gasteiger partial charge >= 0.3 is 0 Å². The Bertz CT molecular complexity index is 416. The molecule has 94 valence electrons. The number of aromatic hydroxyl groups is 1. The van der Waals surface area contributed by atoms with Crippen molar-refractivity contribution >= 4 is 6.29 Å². The van der Waals surface area contributed by atoms with Crippen molar-refractivity contribution in [3.05, 3.63) is 29.3 Å². The summed E-state index contributed by atoms with van der Waals surface area (Å²) >= 11 is 0. The number of phenols is 1. The molecule has 0 bridgehead atoms. The topological polar surface area (TPSA) is 77.8 Å². The molecule has 4 heteroatoms. The molecule has 0 spiro atoms. The van der Waals surface area contributed by atoms with Crippen molar-refractivity contribution in [2.45, 2.75) is 38.4 Å². The Morgan fingerprint density at radius 2 is 1.82 bits per heavy atom. The van der Waals surface area contributed by atoms with Gasteiger partial charge in [0.25, 0.3) is 0 Å². The average molecular weight is 238 g/mol. The SMILES string of the molecule is CC(C)(O)C(C)(O)Cc1ccc(C=O)c(O)c1. The highest BCUT2D eigenvalue weighted by atomic mass is 16.4. The Labute approximate surface area is 101 Å². The highest BCUT2D eigenvalue weighted by molar-refractivity contribution is 5.79. The van der Waals surface area contributed by atoms with Crippen molar-refractivity contribution in [1.29, 1.82) is 0 Å². The summed E-state index contributed by atoms with van der Waals surface area (Å²) in [4.78, 5) is 10.5. The van der Waals surface area contributed by atoms with Crippen LogP contribution in [0.5, 0.6) is 5.75 Å². The zero-order valence-corrected chi connectivity index (χ0v) is 10.3. The van der Waals surface area contributed by atoms with Crippen LogP contribution in [0.15, 0.2) is 18.2 Å². The molecular formula is C13H18O4. The lowest BCUT2D eigenvalue weighted by atomic mass is 9.82. The second-order valence-corrected chi connectivity index (χ2v) is 5.02. The highest BCUT2D eigenvalue weighted by Gasteiger charge is 2.37. The van der Waals surface area contributed by atoms with Crippen LogP contribution in [-0.2, 0) is 6.42 Å². The van der Waals surface area contributed by atoms with Crippen molar-refractivity contribution in [2.75, 3.05) is 0 Å². The lowest BCUT2D eigenvalue weighted by molar-refractivity contribution is -0.118. The fraction of sp³-hybridized carbons (Fsp3) is 0.462. The van der Waals surface area contributed by atoms with Gasteiger partial charge in [-0.3, -0.25) is 4.79 Å². The third-order valence-corrected chi connectivity index (χ3v) is 3.09. The zero-order valence-electron chi connectivity index (χ0n) is 10.3. The normalized spacial score (nSPS) is 15.4. The average Bonchev–Trinajstić information content (AvgIpc) is 2.15. The van der Waals surface area contributed by atoms with Crippen molar-refractivity contribution in [1.82, 2.24) is 0 Å². The van der Waals surface area contributed by atoms with E-state index in [0.717, 1.165) is 0 Å². The van der Waals surface area contributed by atoms with Gasteiger partial charge in [-0.1, -0.05) is 6.07 Å². The number of aldehydes is 1. The van der Waals surface area contributed by atoms with Crippen LogP contribution in [0.4, 0.5) is 0 Å². The van der Waals surface area contributed by atoms with Crippen molar-refractivity contribution in [2.24, 2.45) is 0 Å². The van der Waals surface area contributed by atoms with Gasteiger partial charge in [-0.15, -0.1) is 0 Å². The number of rotatable bonds is 4. The molecule has 0 aliphatic carbocycles. The van der Waals surface area contributed by atoms with Crippen LogP contribution >= 0.6 is 0 Å². The van der Waals surface area contributed by atoms with E-state index < -0.39 is 11.2 Å². The van der Waals surface area contributed by atoms with Gasteiger partial charge in [0.05, 0.1) is 16.8 Å². The van der Waals surface area contributed by atoms with Gasteiger partial charge in [-0.2, -0.15) is 0 Å². The molecule has 0 saturated heterocycles. The lowest BCUT2D eigenvalue weighted by Gasteiger charge is -2.35. The molecule has 0 aromatic heterocycles. The number of benzene rings is 1. The second kappa shape index (κ2) is 4.47. The van der Waals surface area contributed by atoms with E-state index in [2.05, 4.69) is 0 Å². The Morgan fingerprint density at radius 3 is 2.24 bits per heavy atom. The first-order valence-electron chi connectivity index (χ1n) is 5.39. The van der Waals surface area contributed by atoms with E-state index in [1.54, 1.807) is 6.07 Å². The third-order valence-electron chi connectivity index (χ3n) is 3.09. The summed E-state index contributed by atoms with van der Waals surface area (Å²) in [5, 5.41) is 29.4. The van der Waals surface area contributed by atoms with Gasteiger partial charge in [-0.05, 0) is 38.5 Å². The van der Waals surface area contributed by atoms with E-state index >= 15 is 0 Å². The Kier molecular flexibility index (Phi) is 3.59. The Balaban J connectivity index is 2.97. The third kappa shape index (κ3) is 3.05. The molecule has 0 aliphatic rings. The van der Waals surface area contributed by atoms with Crippen LogP contribution in [0.25, 0.3) is 0 Å². The van der Waals surface area contributed by atoms with Crippen LogP contribution in [0.2, 0.25) is 0 Å². The first-order valence-corrected chi connectivity index (χ1v) is 5.39. The molecule has 1 aromatic rings. The van der Waals surface area contributed by atoms with Gasteiger partial charge in [0.2, 0.25) is 0 Å². The minimum absolute atomic E-state index is 0.121. The molecular weight excluding hydrogens is 220 g/mol. The molecule has 17 heavy (non-hydrogen) atoms. The largest absolute Gasteiger partial charge is 0.507 e. The number of carbonyl (C=O) groups excluding carboxylic acids is 1. The maximum atomic E-state index is 10.5. The van der Waals surface area contributed by atoms with Crippen molar-refractivity contribution in [3.63, 3.8) is 0 Å². The van der Waals surface area contributed by atoms with Gasteiger partial charge in [0, 0.05) is 6.42 Å². The maximum absolute atomic E-state index is 10.5. The predicted octanol–water partition coefficient (Wildman–Crippen LogP) is 1.27. The molecule has 4 nitrogen and oxygen atoms in total. The van der Waals surface area contributed by atoms with E-state index in [1.807, 2.05) is 0 Å². The summed E-state index contributed by atoms with van der Waals surface area (Å²) in [5.74, 6) is -0.121. The van der Waals surface area contributed by atoms with E-state index in [9.17, 15) is 20.1 Å². The zero-order chi connectivity index (χ0) is 13.3. The number of hydrogen-bond donors (Lipinski definition) is 3. The van der Waals surface area contributed by atoms with Crippen LogP contribution < -0.4 is 0 Å². The fourth-order valence-corrected chi connectivity index (χ4v) is 1.41. The van der Waals surface area contributed by atoms with Crippen LogP contribution in [0.1, 0.15) is 36.7 Å². The van der Waals surface area contributed by atoms with Crippen LogP contribution in [0.3, 0.4) is 0 Å². The number of hydrogen-bond acceptors (Lipinski definition) is 4. The molecule has 1 rings (SSSR count). The minimum atomic E-state index is -1.32. The Hall–Kier alpha value is -1.39. The van der Waals surface area contributed by atoms with Gasteiger partial charge in [0.15, 0.2) is 6.29 Å². The maximum Gasteiger partial charge on any atom is 0.153 e. The first kappa shape index (κ1) is 13.7. The molecule has 0 radical (unpaired) electrons. The fourth-order valence-electron chi connectivity index (χ4n) is 1.41. The molecule has 0 aliphatic heterocycles. The standard InChI is InChI=1S/C13H18O4/c1-12(2,16)13(3,17)7-9-4-5-10(8-14)11(15)6-9/h4-6,8,15-17H,7H2,1-3H3. The summed E-state index contributed by atoms with van der Waals surface area (Å²) in [5.41, 5.74) is -1.72. The second-order valence-electron chi connectivity index (χ2n) is 5.02. The summed E-state index contributed by atoms with van der Waals surface area (Å²) < 4.78 is 0. The molecule has 0 amide bonds. The lowest BCUT2D eigenvalue weighted by Crippen LogP contribution is -2.49. The summed E-state index contributed by atoms with van der Waals surface area (Å²) in [6, 6.07) is 4.55. The molecule has 0 fully saturated rings. The van der Waals surface area contributed by atoms with E-state index in [-0.39, 0.29) is 17.7 Å². The van der Waals surface area contributed by atoms with Crippen molar-refractivity contribution < 1.29 is 20.1 Å². The molecule has 0 heterocycles. The number of aliphatic hydroxyl groups is 2. The number of carbonyl (C=O) groups is 1. The monoisotopic (exact) mass is 238 g/mol. The van der Waals surface area contributed by atoms with E-state index in [0.29, 0.717) is 11.8 Å². The number of phenolic OH excluding ortho intramolecular Hbond substituents is 1. The molecule has 1 unspecified atom stereocenters. The first-order chi connectivity index (χ1) is 7.67. The molecule has 3 N–H and O–H groups in total. The van der Waals surface area contributed by atoms with Crippen LogP contribution in [0, 0.1) is 0 Å². The molecule has 1 aromatic carbocycles. The summed E-state index contributed by atoms with van der Waals surface area (Å²) in [6.45, 7) is 4.57. The van der Waals surface area contributed by atoms with E-state index in [1.165, 1.54) is 32.9 Å². The quantitative estimate of drug-likeness (QED) is 0.690. The summed E-state index contributed by atoms with van der Waals surface area (Å²) in [7, 11) is 0. The van der Waals surface area contributed by atoms with E-state index in [4.69, 9.17) is 0 Å². The van der Waals surface area contributed by atoms with Crippen LogP contribution in [-0.4, -0.2) is 32.8 Å². The smallest absolute Gasteiger partial charge is 0.153 e. The summed E-state index contributed by atoms with van der Waals surface area (Å²) in [6.07, 6.45) is 0.746. The predicted molar refractivity (Wildman–Crippen MR) is 64.1 cm³/mol. The van der Waals surface area contributed by atoms with Gasteiger partial charge in [0.1, 0.15) is 5.75 Å². The molecule has 1 atom stereocenters. The van der Waals surface area contributed by atoms with Crippen molar-refractivity contribution in [3.8, 4) is 5.75 Å². The van der Waals surface area contributed by atoms with Gasteiger partial charge in [-0.25, -0.2) is 0 Å². The minimum Gasteiger partial charge on any atom is -0.507 e. The Morgan fingerprint density at radius 1 is 1.24 bits per heavy atom. The van der Waals surface area contributed by atoms with Gasteiger partial charge < -0.3 is 15.3 Å². The molecule has 0 saturated carbocycles. The highest BCUT2D eigenvalue weighted by Crippen LogP contribution is 2.27.